The van der Waals surface area contributed by atoms with Crippen LogP contribution in [0.2, 0.25) is 0 Å². The van der Waals surface area contributed by atoms with E-state index in [1.165, 1.54) is 5.56 Å². The van der Waals surface area contributed by atoms with Gasteiger partial charge in [-0.2, -0.15) is 0 Å². The zero-order valence-corrected chi connectivity index (χ0v) is 13.5. The van der Waals surface area contributed by atoms with E-state index in [-0.39, 0.29) is 6.42 Å². The van der Waals surface area contributed by atoms with Crippen molar-refractivity contribution in [3.05, 3.63) is 53.9 Å². The average molecular weight is 323 g/mol. The third-order valence-electron chi connectivity index (χ3n) is 4.18. The number of rotatable bonds is 7. The number of hydrogen-bond acceptors (Lipinski definition) is 3. The highest BCUT2D eigenvalue weighted by Gasteiger charge is 2.14. The molecule has 3 rings (SSSR count). The lowest BCUT2D eigenvalue weighted by Crippen LogP contribution is -2.00. The normalized spacial score (nSPS) is 11.0. The minimum absolute atomic E-state index is 0.0357. The smallest absolute Gasteiger partial charge is 0.307 e. The fourth-order valence-corrected chi connectivity index (χ4v) is 3.05. The molecule has 4 N–H and O–H groups in total. The topological polar surface area (TPSA) is 92.0 Å². The van der Waals surface area contributed by atoms with Gasteiger partial charge >= 0.3 is 5.97 Å². The van der Waals surface area contributed by atoms with Crippen LogP contribution in [0.25, 0.3) is 22.2 Å². The number of aliphatic carboxylic acids is 1. The summed E-state index contributed by atoms with van der Waals surface area (Å²) in [4.78, 5) is 18.6. The zero-order chi connectivity index (χ0) is 16.9. The van der Waals surface area contributed by atoms with Gasteiger partial charge in [0.1, 0.15) is 0 Å². The van der Waals surface area contributed by atoms with Gasteiger partial charge in [-0.25, -0.2) is 0 Å². The maximum atomic E-state index is 11.0. The molecule has 0 unspecified atom stereocenters. The number of aryl methyl sites for hydroxylation is 1. The van der Waals surface area contributed by atoms with Gasteiger partial charge in [-0.15, -0.1) is 0 Å². The number of H-pyrrole nitrogens is 1. The van der Waals surface area contributed by atoms with Crippen molar-refractivity contribution in [3.8, 4) is 11.3 Å². The average Bonchev–Trinajstić information content (AvgIpc) is 2.94. The van der Waals surface area contributed by atoms with Crippen LogP contribution in [0.3, 0.4) is 0 Å². The third kappa shape index (κ3) is 3.46. The van der Waals surface area contributed by atoms with Crippen LogP contribution in [0.4, 0.5) is 0 Å². The molecule has 2 heterocycles. The first kappa shape index (κ1) is 16.2. The Bertz CT molecular complexity index is 840. The predicted octanol–water partition coefficient (Wildman–Crippen LogP) is 3.14. The van der Waals surface area contributed by atoms with Crippen molar-refractivity contribution >= 4 is 16.9 Å². The zero-order valence-electron chi connectivity index (χ0n) is 13.5. The molecule has 3 aromatic rings. The maximum absolute atomic E-state index is 11.0. The molecular weight excluding hydrogens is 302 g/mol. The summed E-state index contributed by atoms with van der Waals surface area (Å²) in [7, 11) is 0. The summed E-state index contributed by atoms with van der Waals surface area (Å²) in [6.07, 6.45) is 6.47. The summed E-state index contributed by atoms with van der Waals surface area (Å²) in [6, 6.07) is 9.78. The Balaban J connectivity index is 2.08. The number of nitrogens with zero attached hydrogens (tertiary/aromatic N) is 1. The van der Waals surface area contributed by atoms with E-state index in [1.54, 1.807) is 12.4 Å². The van der Waals surface area contributed by atoms with Gasteiger partial charge in [-0.1, -0.05) is 6.07 Å². The molecule has 0 aliphatic rings. The first-order valence-electron chi connectivity index (χ1n) is 8.15. The quantitative estimate of drug-likeness (QED) is 0.582. The minimum Gasteiger partial charge on any atom is -0.481 e. The number of carbonyl (C=O) groups is 1. The Kier molecular flexibility index (Phi) is 4.91. The fourth-order valence-electron chi connectivity index (χ4n) is 3.05. The Morgan fingerprint density at radius 2 is 1.96 bits per heavy atom. The van der Waals surface area contributed by atoms with Gasteiger partial charge in [0.2, 0.25) is 0 Å². The van der Waals surface area contributed by atoms with E-state index in [4.69, 9.17) is 10.8 Å². The SMILES string of the molecule is NCCCCc1c(-c2ccncc2)[nH]c2ccc(CC(=O)O)cc12. The monoisotopic (exact) mass is 323 g/mol. The van der Waals surface area contributed by atoms with Gasteiger partial charge in [0.15, 0.2) is 0 Å². The van der Waals surface area contributed by atoms with Gasteiger partial charge < -0.3 is 15.8 Å². The van der Waals surface area contributed by atoms with Crippen LogP contribution in [0.15, 0.2) is 42.7 Å². The van der Waals surface area contributed by atoms with Crippen LogP contribution < -0.4 is 5.73 Å². The molecule has 0 radical (unpaired) electrons. The van der Waals surface area contributed by atoms with Crippen molar-refractivity contribution in [2.24, 2.45) is 5.73 Å². The largest absolute Gasteiger partial charge is 0.481 e. The van der Waals surface area contributed by atoms with Crippen molar-refractivity contribution in [2.45, 2.75) is 25.7 Å². The summed E-state index contributed by atoms with van der Waals surface area (Å²) in [5, 5.41) is 10.1. The van der Waals surface area contributed by atoms with E-state index >= 15 is 0 Å². The van der Waals surface area contributed by atoms with Crippen LogP contribution in [-0.2, 0) is 17.6 Å². The third-order valence-corrected chi connectivity index (χ3v) is 4.18. The maximum Gasteiger partial charge on any atom is 0.307 e. The van der Waals surface area contributed by atoms with Crippen molar-refractivity contribution in [2.75, 3.05) is 6.54 Å². The lowest BCUT2D eigenvalue weighted by Gasteiger charge is -2.05. The van der Waals surface area contributed by atoms with Gasteiger partial charge in [-0.05, 0) is 61.2 Å². The number of nitrogens with one attached hydrogen (secondary N) is 1. The van der Waals surface area contributed by atoms with Gasteiger partial charge in [-0.3, -0.25) is 9.78 Å². The van der Waals surface area contributed by atoms with Gasteiger partial charge in [0.25, 0.3) is 0 Å². The van der Waals surface area contributed by atoms with E-state index in [2.05, 4.69) is 9.97 Å². The summed E-state index contributed by atoms with van der Waals surface area (Å²) >= 11 is 0. The van der Waals surface area contributed by atoms with Crippen LogP contribution in [0, 0.1) is 0 Å². The summed E-state index contributed by atoms with van der Waals surface area (Å²) < 4.78 is 0. The molecule has 0 fully saturated rings. The standard InChI is InChI=1S/C19H21N3O2/c20-8-2-1-3-15-16-11-13(12-18(23)24)4-5-17(16)22-19(15)14-6-9-21-10-7-14/h4-7,9-11,22H,1-3,8,12,20H2,(H,23,24). The van der Waals surface area contributed by atoms with E-state index in [0.29, 0.717) is 6.54 Å². The summed E-state index contributed by atoms with van der Waals surface area (Å²) in [6.45, 7) is 0.678. The van der Waals surface area contributed by atoms with E-state index < -0.39 is 5.97 Å². The number of nitrogens with two attached hydrogens (primary N) is 1. The van der Waals surface area contributed by atoms with Crippen molar-refractivity contribution in [1.82, 2.24) is 9.97 Å². The first-order valence-corrected chi connectivity index (χ1v) is 8.15. The number of benzene rings is 1. The number of pyridine rings is 1. The van der Waals surface area contributed by atoms with Gasteiger partial charge in [0.05, 0.1) is 6.42 Å². The van der Waals surface area contributed by atoms with Crippen LogP contribution in [0.5, 0.6) is 0 Å². The lowest BCUT2D eigenvalue weighted by molar-refractivity contribution is -0.136. The Morgan fingerprint density at radius 3 is 2.67 bits per heavy atom. The summed E-state index contributed by atoms with van der Waals surface area (Å²) in [5.41, 5.74) is 10.9. The molecule has 5 nitrogen and oxygen atoms in total. The second-order valence-electron chi connectivity index (χ2n) is 5.91. The van der Waals surface area contributed by atoms with E-state index in [1.807, 2.05) is 30.3 Å². The number of carboxylic acid groups (broad SMARTS) is 1. The molecule has 24 heavy (non-hydrogen) atoms. The molecule has 0 aliphatic carbocycles. The fraction of sp³-hybridized carbons (Fsp3) is 0.263. The highest BCUT2D eigenvalue weighted by molar-refractivity contribution is 5.91. The molecule has 5 heteroatoms. The van der Waals surface area contributed by atoms with Crippen LogP contribution in [-0.4, -0.2) is 27.6 Å². The second-order valence-corrected chi connectivity index (χ2v) is 5.91. The molecule has 1 aromatic carbocycles. The number of aromatic nitrogens is 2. The molecule has 0 atom stereocenters. The molecular formula is C19H21N3O2. The molecule has 0 saturated carbocycles. The number of carboxylic acids is 1. The van der Waals surface area contributed by atoms with Gasteiger partial charge in [0, 0.05) is 34.6 Å². The minimum atomic E-state index is -0.816. The Morgan fingerprint density at radius 1 is 1.17 bits per heavy atom. The van der Waals surface area contributed by atoms with E-state index in [0.717, 1.165) is 47.0 Å². The summed E-state index contributed by atoms with van der Waals surface area (Å²) in [5.74, 6) is -0.816. The molecule has 0 amide bonds. The molecule has 0 spiro atoms. The highest BCUT2D eigenvalue weighted by atomic mass is 16.4. The number of unbranched alkanes of at least 4 members (excludes halogenated alkanes) is 1. The van der Waals surface area contributed by atoms with Crippen LogP contribution in [0.1, 0.15) is 24.0 Å². The Labute approximate surface area is 140 Å². The van der Waals surface area contributed by atoms with Crippen molar-refractivity contribution in [1.29, 1.82) is 0 Å². The van der Waals surface area contributed by atoms with E-state index in [9.17, 15) is 4.79 Å². The molecule has 0 bridgehead atoms. The molecule has 0 aliphatic heterocycles. The van der Waals surface area contributed by atoms with Crippen molar-refractivity contribution in [3.63, 3.8) is 0 Å². The van der Waals surface area contributed by atoms with Crippen LogP contribution >= 0.6 is 0 Å². The Hall–Kier alpha value is -2.66. The molecule has 0 saturated heterocycles. The second kappa shape index (κ2) is 7.27. The predicted molar refractivity (Wildman–Crippen MR) is 94.9 cm³/mol. The van der Waals surface area contributed by atoms with Crippen molar-refractivity contribution < 1.29 is 9.90 Å². The lowest BCUT2D eigenvalue weighted by atomic mass is 9.99. The number of hydrogen-bond donors (Lipinski definition) is 3. The highest BCUT2D eigenvalue weighted by Crippen LogP contribution is 2.32. The molecule has 2 aromatic heterocycles. The number of fused-ring (bicyclic) bond motifs is 1. The molecule has 124 valence electrons. The number of aromatic amines is 1. The first-order chi connectivity index (χ1) is 11.7.